The Hall–Kier alpha value is -3.85. The van der Waals surface area contributed by atoms with E-state index < -0.39 is 0 Å². The number of aromatic nitrogens is 4. The summed E-state index contributed by atoms with van der Waals surface area (Å²) >= 11 is 1.30. The Bertz CT molecular complexity index is 1260. The Morgan fingerprint density at radius 1 is 1.00 bits per heavy atom. The van der Waals surface area contributed by atoms with E-state index in [1.807, 2.05) is 47.9 Å². The maximum absolute atomic E-state index is 13.1. The second-order valence-electron chi connectivity index (χ2n) is 7.09. The number of carbonyl (C=O) groups excluding carboxylic acids is 1. The number of thioether (sulfide) groups is 1. The summed E-state index contributed by atoms with van der Waals surface area (Å²) in [4.78, 5) is 17.3. The van der Waals surface area contributed by atoms with Gasteiger partial charge in [0.1, 0.15) is 17.2 Å². The van der Waals surface area contributed by atoms with Gasteiger partial charge in [0.25, 0.3) is 0 Å². The van der Waals surface area contributed by atoms with E-state index in [2.05, 4.69) is 15.2 Å². The van der Waals surface area contributed by atoms with E-state index >= 15 is 0 Å². The van der Waals surface area contributed by atoms with Crippen LogP contribution in [0.1, 0.15) is 17.3 Å². The van der Waals surface area contributed by atoms with Gasteiger partial charge in [-0.3, -0.25) is 14.3 Å². The molecule has 0 N–H and O–H groups in total. The van der Waals surface area contributed by atoms with Crippen LogP contribution in [-0.2, 0) is 0 Å². The summed E-state index contributed by atoms with van der Waals surface area (Å²) in [6.45, 7) is 2.53. The van der Waals surface area contributed by atoms with Crippen LogP contribution in [0.25, 0.3) is 17.1 Å². The van der Waals surface area contributed by atoms with E-state index in [0.29, 0.717) is 34.7 Å². The maximum atomic E-state index is 13.1. The first-order chi connectivity index (χ1) is 16.6. The molecule has 174 valence electrons. The molecule has 4 aromatic rings. The molecule has 0 amide bonds. The zero-order valence-electron chi connectivity index (χ0n) is 19.1. The van der Waals surface area contributed by atoms with E-state index in [9.17, 15) is 4.79 Å². The third kappa shape index (κ3) is 5.04. The van der Waals surface area contributed by atoms with Crippen LogP contribution in [0, 0.1) is 0 Å². The van der Waals surface area contributed by atoms with Gasteiger partial charge in [0.05, 0.1) is 32.1 Å². The molecule has 0 aliphatic carbocycles. The van der Waals surface area contributed by atoms with Crippen molar-refractivity contribution < 1.29 is 19.0 Å². The number of methoxy groups -OCH3 is 2. The molecule has 0 fully saturated rings. The molecular formula is C25H24N4O4S. The molecule has 0 saturated carbocycles. The minimum absolute atomic E-state index is 0.107. The van der Waals surface area contributed by atoms with Gasteiger partial charge < -0.3 is 14.2 Å². The predicted octanol–water partition coefficient (Wildman–Crippen LogP) is 4.72. The molecule has 0 spiro atoms. The van der Waals surface area contributed by atoms with Crippen LogP contribution in [-0.4, -0.2) is 52.1 Å². The molecule has 0 saturated heterocycles. The van der Waals surface area contributed by atoms with Gasteiger partial charge in [0.2, 0.25) is 0 Å². The number of ether oxygens (including phenoxy) is 3. The zero-order chi connectivity index (χ0) is 23.9. The number of hydrogen-bond donors (Lipinski definition) is 0. The summed E-state index contributed by atoms with van der Waals surface area (Å²) in [5.74, 6) is 2.53. The average Bonchev–Trinajstić information content (AvgIpc) is 3.32. The first kappa shape index (κ1) is 23.3. The topological polar surface area (TPSA) is 88.4 Å². The van der Waals surface area contributed by atoms with Crippen molar-refractivity contribution in [1.29, 1.82) is 0 Å². The number of rotatable bonds is 10. The van der Waals surface area contributed by atoms with E-state index in [4.69, 9.17) is 14.2 Å². The summed E-state index contributed by atoms with van der Waals surface area (Å²) in [5, 5.41) is 9.36. The van der Waals surface area contributed by atoms with Crippen LogP contribution < -0.4 is 14.2 Å². The third-order valence-electron chi connectivity index (χ3n) is 5.00. The molecule has 9 heteroatoms. The number of hydrogen-bond acceptors (Lipinski definition) is 8. The standard InChI is InChI=1S/C25H24N4O4S/c1-4-33-19-9-7-18(8-10-19)29-24(17-6-5-13-26-15-17)27-28-25(29)34-16-22(30)21-14-20(31-2)11-12-23(21)32-3/h5-15H,4,16H2,1-3H3. The van der Waals surface area contributed by atoms with E-state index in [0.717, 1.165) is 17.0 Å². The number of benzene rings is 2. The lowest BCUT2D eigenvalue weighted by molar-refractivity contribution is 0.101. The van der Waals surface area contributed by atoms with E-state index in [1.54, 1.807) is 37.7 Å². The molecule has 0 atom stereocenters. The molecule has 4 rings (SSSR count). The predicted molar refractivity (Wildman–Crippen MR) is 130 cm³/mol. The van der Waals surface area contributed by atoms with Gasteiger partial charge in [-0.1, -0.05) is 11.8 Å². The SMILES string of the molecule is CCOc1ccc(-n2c(SCC(=O)c3cc(OC)ccc3OC)nnc2-c2cccnc2)cc1. The van der Waals surface area contributed by atoms with Crippen LogP contribution in [0.3, 0.4) is 0 Å². The number of Topliss-reactive ketones (excluding diaryl/α,β-unsaturated/α-hetero) is 1. The Morgan fingerprint density at radius 3 is 2.47 bits per heavy atom. The number of carbonyl (C=O) groups is 1. The van der Waals surface area contributed by atoms with Crippen molar-refractivity contribution in [2.24, 2.45) is 0 Å². The van der Waals surface area contributed by atoms with Crippen LogP contribution in [0.4, 0.5) is 0 Å². The van der Waals surface area contributed by atoms with Crippen molar-refractivity contribution >= 4 is 17.5 Å². The zero-order valence-corrected chi connectivity index (χ0v) is 19.9. The molecule has 0 unspecified atom stereocenters. The van der Waals surface area contributed by atoms with Gasteiger partial charge in [0.15, 0.2) is 16.8 Å². The molecule has 2 aromatic carbocycles. The summed E-state index contributed by atoms with van der Waals surface area (Å²) in [6, 6.07) is 16.6. The maximum Gasteiger partial charge on any atom is 0.196 e. The number of pyridine rings is 1. The van der Waals surface area contributed by atoms with Crippen LogP contribution in [0.2, 0.25) is 0 Å². The van der Waals surface area contributed by atoms with Gasteiger partial charge in [-0.25, -0.2) is 0 Å². The highest BCUT2D eigenvalue weighted by Crippen LogP contribution is 2.30. The molecule has 0 aliphatic rings. The van der Waals surface area contributed by atoms with Gasteiger partial charge in [-0.2, -0.15) is 0 Å². The van der Waals surface area contributed by atoms with Crippen molar-refractivity contribution in [3.8, 4) is 34.3 Å². The van der Waals surface area contributed by atoms with Crippen molar-refractivity contribution in [1.82, 2.24) is 19.7 Å². The van der Waals surface area contributed by atoms with Gasteiger partial charge in [0, 0.05) is 23.6 Å². The highest BCUT2D eigenvalue weighted by Gasteiger charge is 2.20. The molecule has 0 bridgehead atoms. The van der Waals surface area contributed by atoms with Gasteiger partial charge in [-0.05, 0) is 61.5 Å². The molecule has 2 heterocycles. The molecule has 0 radical (unpaired) electrons. The van der Waals surface area contributed by atoms with Crippen molar-refractivity contribution in [3.63, 3.8) is 0 Å². The first-order valence-electron chi connectivity index (χ1n) is 10.6. The monoisotopic (exact) mass is 476 g/mol. The van der Waals surface area contributed by atoms with Gasteiger partial charge in [-0.15, -0.1) is 10.2 Å². The summed E-state index contributed by atoms with van der Waals surface area (Å²) < 4.78 is 18.1. The van der Waals surface area contributed by atoms with Gasteiger partial charge >= 0.3 is 0 Å². The normalized spacial score (nSPS) is 10.7. The third-order valence-corrected chi connectivity index (χ3v) is 5.93. The number of ketones is 1. The van der Waals surface area contributed by atoms with E-state index in [-0.39, 0.29) is 11.5 Å². The molecule has 8 nitrogen and oxygen atoms in total. The Morgan fingerprint density at radius 2 is 1.79 bits per heavy atom. The van der Waals surface area contributed by atoms with E-state index in [1.165, 1.54) is 18.9 Å². The lowest BCUT2D eigenvalue weighted by Gasteiger charge is -2.12. The minimum Gasteiger partial charge on any atom is -0.497 e. The van der Waals surface area contributed by atoms with Crippen LogP contribution in [0.5, 0.6) is 17.2 Å². The molecule has 34 heavy (non-hydrogen) atoms. The smallest absolute Gasteiger partial charge is 0.196 e. The first-order valence-corrected chi connectivity index (χ1v) is 11.6. The van der Waals surface area contributed by atoms with Crippen LogP contribution >= 0.6 is 11.8 Å². The Kier molecular flexibility index (Phi) is 7.44. The number of nitrogens with zero attached hydrogens (tertiary/aromatic N) is 4. The van der Waals surface area contributed by atoms with Crippen molar-refractivity contribution in [3.05, 3.63) is 72.6 Å². The lowest BCUT2D eigenvalue weighted by atomic mass is 10.1. The quantitative estimate of drug-likeness (QED) is 0.240. The second kappa shape index (κ2) is 10.8. The fraction of sp³-hybridized carbons (Fsp3) is 0.200. The summed E-state index contributed by atoms with van der Waals surface area (Å²) in [7, 11) is 3.10. The Labute approximate surface area is 201 Å². The second-order valence-corrected chi connectivity index (χ2v) is 8.03. The van der Waals surface area contributed by atoms with Crippen LogP contribution in [0.15, 0.2) is 72.1 Å². The largest absolute Gasteiger partial charge is 0.497 e. The highest BCUT2D eigenvalue weighted by molar-refractivity contribution is 7.99. The molecule has 2 aromatic heterocycles. The minimum atomic E-state index is -0.107. The van der Waals surface area contributed by atoms with Crippen molar-refractivity contribution in [2.45, 2.75) is 12.1 Å². The van der Waals surface area contributed by atoms with Crippen molar-refractivity contribution in [2.75, 3.05) is 26.6 Å². The Balaban J connectivity index is 1.66. The summed E-state index contributed by atoms with van der Waals surface area (Å²) in [6.07, 6.45) is 3.44. The molecular weight excluding hydrogens is 452 g/mol. The lowest BCUT2D eigenvalue weighted by Crippen LogP contribution is -2.07. The fourth-order valence-corrected chi connectivity index (χ4v) is 4.21. The molecule has 0 aliphatic heterocycles. The highest BCUT2D eigenvalue weighted by atomic mass is 32.2. The summed E-state index contributed by atoms with van der Waals surface area (Å²) in [5.41, 5.74) is 2.12. The fourth-order valence-electron chi connectivity index (χ4n) is 3.38. The average molecular weight is 477 g/mol.